The third kappa shape index (κ3) is 9.13. The van der Waals surface area contributed by atoms with Crippen LogP contribution >= 0.6 is 0 Å². The molecular weight excluding hydrogens is 158 g/mol. The molecule has 2 N–H and O–H groups in total. The maximum absolute atomic E-state index is 10.4. The molecule has 0 unspecified atom stereocenters. The van der Waals surface area contributed by atoms with Crippen molar-refractivity contribution in [2.45, 2.75) is 13.0 Å². The minimum atomic E-state index is -0.399. The van der Waals surface area contributed by atoms with Crippen LogP contribution in [0.5, 0.6) is 0 Å². The van der Waals surface area contributed by atoms with Gasteiger partial charge in [-0.15, -0.1) is 13.2 Å². The van der Waals surface area contributed by atoms with Gasteiger partial charge in [0.2, 0.25) is 0 Å². The molecule has 4 nitrogen and oxygen atoms in total. The molecule has 0 aromatic rings. The van der Waals surface area contributed by atoms with Gasteiger partial charge in [0, 0.05) is 8.54 Å². The van der Waals surface area contributed by atoms with Crippen LogP contribution in [0.4, 0.5) is 0 Å². The standard InChI is InChI=1S/C6H13NO3.C2H4.H2/c1-5(9-2)4-10-6(8)3-7;1-2;/h5H,3-4,7H2,1-2H3;1-2H2;1H/t5-;;/m0../s1. The number of hydrogen-bond acceptors (Lipinski definition) is 4. The van der Waals surface area contributed by atoms with Crippen molar-refractivity contribution in [2.24, 2.45) is 5.73 Å². The van der Waals surface area contributed by atoms with Gasteiger partial charge >= 0.3 is 5.97 Å². The van der Waals surface area contributed by atoms with Crippen LogP contribution in [0, 0.1) is 0 Å². The average Bonchev–Trinajstić information content (AvgIpc) is 2.16. The molecule has 0 aliphatic carbocycles. The van der Waals surface area contributed by atoms with E-state index in [9.17, 15) is 4.79 Å². The lowest BCUT2D eigenvalue weighted by atomic mass is 10.4. The van der Waals surface area contributed by atoms with Gasteiger partial charge < -0.3 is 15.2 Å². The molecule has 0 saturated carbocycles. The van der Waals surface area contributed by atoms with E-state index in [0.717, 1.165) is 0 Å². The van der Waals surface area contributed by atoms with Crippen molar-refractivity contribution in [3.63, 3.8) is 0 Å². The molecule has 1 atom stereocenters. The fourth-order valence-electron chi connectivity index (χ4n) is 0.337. The Hall–Kier alpha value is -0.870. The van der Waals surface area contributed by atoms with Crippen molar-refractivity contribution in [2.75, 3.05) is 20.3 Å². The first-order chi connectivity index (χ1) is 5.70. The third-order valence-corrected chi connectivity index (χ3v) is 1.05. The van der Waals surface area contributed by atoms with Crippen LogP contribution in [-0.2, 0) is 14.3 Å². The zero-order valence-corrected chi connectivity index (χ0v) is 7.71. The first-order valence-corrected chi connectivity index (χ1v) is 3.59. The number of methoxy groups -OCH3 is 1. The molecular formula is C8H19NO3. The second-order valence-corrected chi connectivity index (χ2v) is 1.93. The molecule has 0 aliphatic heterocycles. The number of ether oxygens (including phenoxy) is 2. The topological polar surface area (TPSA) is 61.5 Å². The average molecular weight is 177 g/mol. The largest absolute Gasteiger partial charge is 0.462 e. The molecule has 0 heterocycles. The van der Waals surface area contributed by atoms with Gasteiger partial charge in [0.15, 0.2) is 0 Å². The lowest BCUT2D eigenvalue weighted by molar-refractivity contribution is -0.145. The maximum atomic E-state index is 10.4. The van der Waals surface area contributed by atoms with Crippen molar-refractivity contribution in [3.05, 3.63) is 13.2 Å². The Bertz CT molecular complexity index is 122. The van der Waals surface area contributed by atoms with Gasteiger partial charge in [-0.3, -0.25) is 4.79 Å². The van der Waals surface area contributed by atoms with Crippen molar-refractivity contribution in [1.29, 1.82) is 0 Å². The number of nitrogens with two attached hydrogens (primary N) is 1. The molecule has 0 rings (SSSR count). The van der Waals surface area contributed by atoms with Crippen LogP contribution in [0.15, 0.2) is 13.2 Å². The fraction of sp³-hybridized carbons (Fsp3) is 0.625. The molecule has 12 heavy (non-hydrogen) atoms. The Morgan fingerprint density at radius 3 is 2.50 bits per heavy atom. The minimum Gasteiger partial charge on any atom is -0.462 e. The molecule has 0 aliphatic rings. The Kier molecular flexibility index (Phi) is 11.6. The summed E-state index contributed by atoms with van der Waals surface area (Å²) >= 11 is 0. The summed E-state index contributed by atoms with van der Waals surface area (Å²) in [6.07, 6.45) is -0.0597. The molecule has 4 heteroatoms. The fourth-order valence-corrected chi connectivity index (χ4v) is 0.337. The Morgan fingerprint density at radius 2 is 2.17 bits per heavy atom. The first-order valence-electron chi connectivity index (χ1n) is 3.59. The Labute approximate surface area is 74.8 Å². The van der Waals surface area contributed by atoms with Crippen LogP contribution in [0.3, 0.4) is 0 Å². The second kappa shape index (κ2) is 10.1. The van der Waals surface area contributed by atoms with Gasteiger partial charge in [-0.05, 0) is 6.92 Å². The molecule has 0 bridgehead atoms. The van der Waals surface area contributed by atoms with Crippen LogP contribution in [0.2, 0.25) is 0 Å². The normalized spacial score (nSPS) is 10.9. The number of rotatable bonds is 4. The quantitative estimate of drug-likeness (QED) is 0.504. The summed E-state index contributed by atoms with van der Waals surface area (Å²) in [5.41, 5.74) is 4.98. The highest BCUT2D eigenvalue weighted by molar-refractivity contribution is 5.71. The minimum absolute atomic E-state index is 0. The highest BCUT2D eigenvalue weighted by Crippen LogP contribution is 1.88. The Balaban J connectivity index is -0.000000309. The first kappa shape index (κ1) is 13.7. The molecule has 0 radical (unpaired) electrons. The molecule has 0 amide bonds. The SMILES string of the molecule is C=C.CO[C@@H](C)COC(=O)CN.[HH]. The highest BCUT2D eigenvalue weighted by atomic mass is 16.6. The monoisotopic (exact) mass is 177 g/mol. The number of carbonyl (C=O) groups excluding carboxylic acids is 1. The van der Waals surface area contributed by atoms with E-state index in [-0.39, 0.29) is 20.7 Å². The number of carbonyl (C=O) groups is 1. The van der Waals surface area contributed by atoms with E-state index in [1.54, 1.807) is 7.11 Å². The van der Waals surface area contributed by atoms with E-state index < -0.39 is 5.97 Å². The zero-order chi connectivity index (χ0) is 9.98. The third-order valence-electron chi connectivity index (χ3n) is 1.05. The van der Waals surface area contributed by atoms with Gasteiger partial charge in [-0.2, -0.15) is 0 Å². The molecule has 0 saturated heterocycles. The van der Waals surface area contributed by atoms with Gasteiger partial charge in [0.25, 0.3) is 0 Å². The lowest BCUT2D eigenvalue weighted by Crippen LogP contribution is -2.22. The van der Waals surface area contributed by atoms with Crippen LogP contribution in [0.25, 0.3) is 0 Å². The van der Waals surface area contributed by atoms with Gasteiger partial charge in [-0.25, -0.2) is 0 Å². The Morgan fingerprint density at radius 1 is 1.67 bits per heavy atom. The zero-order valence-electron chi connectivity index (χ0n) is 7.71. The summed E-state index contributed by atoms with van der Waals surface area (Å²) in [7, 11) is 1.56. The van der Waals surface area contributed by atoms with E-state index in [4.69, 9.17) is 10.5 Å². The molecule has 0 fully saturated rings. The molecule has 0 spiro atoms. The van der Waals surface area contributed by atoms with Crippen molar-refractivity contribution >= 4 is 5.97 Å². The summed E-state index contributed by atoms with van der Waals surface area (Å²) in [6, 6.07) is 0. The van der Waals surface area contributed by atoms with Gasteiger partial charge in [-0.1, -0.05) is 0 Å². The van der Waals surface area contributed by atoms with Crippen LogP contribution in [-0.4, -0.2) is 32.3 Å². The summed E-state index contributed by atoms with van der Waals surface area (Å²) in [5.74, 6) is -0.399. The lowest BCUT2D eigenvalue weighted by Gasteiger charge is -2.08. The van der Waals surface area contributed by atoms with Crippen LogP contribution < -0.4 is 5.73 Å². The van der Waals surface area contributed by atoms with Crippen molar-refractivity contribution in [1.82, 2.24) is 0 Å². The van der Waals surface area contributed by atoms with Gasteiger partial charge in [0.05, 0.1) is 12.6 Å². The predicted molar refractivity (Wildman–Crippen MR) is 49.9 cm³/mol. The predicted octanol–water partition coefficient (Wildman–Crippen LogP) is 0.571. The summed E-state index contributed by atoms with van der Waals surface area (Å²) in [4.78, 5) is 10.4. The van der Waals surface area contributed by atoms with Crippen molar-refractivity contribution in [3.8, 4) is 0 Å². The summed E-state index contributed by atoms with van der Waals surface area (Å²) < 4.78 is 9.48. The van der Waals surface area contributed by atoms with E-state index in [1.807, 2.05) is 6.92 Å². The highest BCUT2D eigenvalue weighted by Gasteiger charge is 2.02. The maximum Gasteiger partial charge on any atom is 0.319 e. The van der Waals surface area contributed by atoms with E-state index in [2.05, 4.69) is 17.9 Å². The van der Waals surface area contributed by atoms with E-state index >= 15 is 0 Å². The number of esters is 1. The molecule has 0 aromatic heterocycles. The smallest absolute Gasteiger partial charge is 0.319 e. The van der Waals surface area contributed by atoms with Crippen molar-refractivity contribution < 1.29 is 15.7 Å². The molecule has 0 aromatic carbocycles. The summed E-state index contributed by atoms with van der Waals surface area (Å²) in [6.45, 7) is 8.01. The van der Waals surface area contributed by atoms with Crippen LogP contribution in [0.1, 0.15) is 8.35 Å². The number of hydrogen-bond donors (Lipinski definition) is 1. The van der Waals surface area contributed by atoms with E-state index in [1.165, 1.54) is 0 Å². The van der Waals surface area contributed by atoms with Gasteiger partial charge in [0.1, 0.15) is 6.61 Å². The molecule has 74 valence electrons. The van der Waals surface area contributed by atoms with E-state index in [0.29, 0.717) is 0 Å². The second-order valence-electron chi connectivity index (χ2n) is 1.93. The summed E-state index contributed by atoms with van der Waals surface area (Å²) in [5, 5.41) is 0.